The molecule has 1 atom stereocenters. The number of aromatic nitrogens is 1. The standard InChI is InChI=1S/C21H21ClN2O/c22-16-9-7-15(8-10-16)18(13-21(25)24-11-3-4-12-24)19-14-23-20-6-2-1-5-17(19)20/h1-2,5-10,14,18,23H,3-4,11-13H2. The number of hydrogen-bond donors (Lipinski definition) is 1. The summed E-state index contributed by atoms with van der Waals surface area (Å²) in [5, 5.41) is 1.89. The first-order valence-corrected chi connectivity index (χ1v) is 9.19. The fraction of sp³-hybridized carbons (Fsp3) is 0.286. The van der Waals surface area contributed by atoms with E-state index in [1.807, 2.05) is 47.5 Å². The van der Waals surface area contributed by atoms with Crippen molar-refractivity contribution in [3.05, 3.63) is 70.9 Å². The van der Waals surface area contributed by atoms with E-state index in [0.29, 0.717) is 11.4 Å². The molecule has 1 unspecified atom stereocenters. The summed E-state index contributed by atoms with van der Waals surface area (Å²) < 4.78 is 0. The molecule has 1 saturated heterocycles. The maximum atomic E-state index is 12.8. The van der Waals surface area contributed by atoms with Crippen molar-refractivity contribution < 1.29 is 4.79 Å². The third-order valence-corrected chi connectivity index (χ3v) is 5.36. The molecule has 1 amide bonds. The number of para-hydroxylation sites is 1. The summed E-state index contributed by atoms with van der Waals surface area (Å²) in [6.45, 7) is 1.78. The predicted molar refractivity (Wildman–Crippen MR) is 102 cm³/mol. The number of likely N-dealkylation sites (tertiary alicyclic amines) is 1. The number of aromatic amines is 1. The molecular weight excluding hydrogens is 332 g/mol. The summed E-state index contributed by atoms with van der Waals surface area (Å²) in [4.78, 5) is 18.2. The number of nitrogens with one attached hydrogen (secondary N) is 1. The van der Waals surface area contributed by atoms with Gasteiger partial charge in [-0.1, -0.05) is 41.9 Å². The van der Waals surface area contributed by atoms with Crippen molar-refractivity contribution in [2.45, 2.75) is 25.2 Å². The lowest BCUT2D eigenvalue weighted by atomic mass is 9.88. The van der Waals surface area contributed by atoms with Crippen LogP contribution in [0.25, 0.3) is 10.9 Å². The molecule has 2 aromatic carbocycles. The average Bonchev–Trinajstić information content (AvgIpc) is 3.30. The van der Waals surface area contributed by atoms with Gasteiger partial charge in [-0.3, -0.25) is 4.79 Å². The smallest absolute Gasteiger partial charge is 0.223 e. The van der Waals surface area contributed by atoms with Crippen LogP contribution in [0.1, 0.15) is 36.3 Å². The van der Waals surface area contributed by atoms with E-state index in [-0.39, 0.29) is 11.8 Å². The molecule has 25 heavy (non-hydrogen) atoms. The Balaban J connectivity index is 1.72. The van der Waals surface area contributed by atoms with Crippen molar-refractivity contribution >= 4 is 28.4 Å². The maximum absolute atomic E-state index is 12.8. The number of fused-ring (bicyclic) bond motifs is 1. The van der Waals surface area contributed by atoms with Crippen molar-refractivity contribution in [3.8, 4) is 0 Å². The van der Waals surface area contributed by atoms with Crippen LogP contribution in [0.3, 0.4) is 0 Å². The Hall–Kier alpha value is -2.26. The average molecular weight is 353 g/mol. The molecule has 1 aliphatic rings. The summed E-state index contributed by atoms with van der Waals surface area (Å²) in [5.74, 6) is 0.268. The molecule has 2 heterocycles. The lowest BCUT2D eigenvalue weighted by molar-refractivity contribution is -0.130. The van der Waals surface area contributed by atoms with E-state index in [0.717, 1.165) is 37.0 Å². The van der Waals surface area contributed by atoms with Crippen LogP contribution in [-0.4, -0.2) is 28.9 Å². The normalized spacial score (nSPS) is 15.6. The number of rotatable bonds is 4. The molecule has 1 aliphatic heterocycles. The highest BCUT2D eigenvalue weighted by molar-refractivity contribution is 6.30. The molecule has 0 spiro atoms. The lowest BCUT2D eigenvalue weighted by Crippen LogP contribution is -2.29. The van der Waals surface area contributed by atoms with Gasteiger partial charge in [-0.05, 0) is 42.2 Å². The first kappa shape index (κ1) is 16.2. The van der Waals surface area contributed by atoms with Crippen molar-refractivity contribution in [3.63, 3.8) is 0 Å². The summed E-state index contributed by atoms with van der Waals surface area (Å²) in [6.07, 6.45) is 4.76. The van der Waals surface area contributed by atoms with Crippen LogP contribution >= 0.6 is 11.6 Å². The summed E-state index contributed by atoms with van der Waals surface area (Å²) >= 11 is 6.06. The fourth-order valence-electron chi connectivity index (χ4n) is 3.75. The highest BCUT2D eigenvalue weighted by atomic mass is 35.5. The fourth-order valence-corrected chi connectivity index (χ4v) is 3.88. The zero-order valence-electron chi connectivity index (χ0n) is 14.0. The van der Waals surface area contributed by atoms with Crippen LogP contribution < -0.4 is 0 Å². The molecule has 3 nitrogen and oxygen atoms in total. The van der Waals surface area contributed by atoms with Crippen LogP contribution in [0.4, 0.5) is 0 Å². The van der Waals surface area contributed by atoms with Crippen LogP contribution in [0.5, 0.6) is 0 Å². The number of benzene rings is 2. The number of carbonyl (C=O) groups is 1. The number of H-pyrrole nitrogens is 1. The molecule has 3 aromatic rings. The zero-order valence-corrected chi connectivity index (χ0v) is 14.8. The third kappa shape index (κ3) is 3.29. The van der Waals surface area contributed by atoms with E-state index in [1.54, 1.807) is 0 Å². The van der Waals surface area contributed by atoms with Gasteiger partial charge in [0.15, 0.2) is 0 Å². The van der Waals surface area contributed by atoms with Crippen LogP contribution in [-0.2, 0) is 4.79 Å². The first-order chi connectivity index (χ1) is 12.2. The Morgan fingerprint density at radius 2 is 1.80 bits per heavy atom. The molecule has 0 bridgehead atoms. The number of nitrogens with zero attached hydrogens (tertiary/aromatic N) is 1. The molecule has 1 fully saturated rings. The second kappa shape index (κ2) is 6.93. The molecule has 128 valence electrons. The number of halogens is 1. The zero-order chi connectivity index (χ0) is 17.2. The predicted octanol–water partition coefficient (Wildman–Crippen LogP) is 4.97. The van der Waals surface area contributed by atoms with Gasteiger partial charge < -0.3 is 9.88 Å². The number of carbonyl (C=O) groups excluding carboxylic acids is 1. The van der Waals surface area contributed by atoms with Gasteiger partial charge in [-0.15, -0.1) is 0 Å². The summed E-state index contributed by atoms with van der Waals surface area (Å²) in [5.41, 5.74) is 3.40. The van der Waals surface area contributed by atoms with E-state index in [4.69, 9.17) is 11.6 Å². The van der Waals surface area contributed by atoms with Gasteiger partial charge in [0.05, 0.1) is 0 Å². The minimum absolute atomic E-state index is 0.0292. The van der Waals surface area contributed by atoms with Crippen molar-refractivity contribution in [2.75, 3.05) is 13.1 Å². The number of hydrogen-bond acceptors (Lipinski definition) is 1. The van der Waals surface area contributed by atoms with E-state index >= 15 is 0 Å². The molecule has 0 saturated carbocycles. The second-order valence-electron chi connectivity index (χ2n) is 6.69. The largest absolute Gasteiger partial charge is 0.361 e. The van der Waals surface area contributed by atoms with Gasteiger partial charge in [-0.25, -0.2) is 0 Å². The Kier molecular flexibility index (Phi) is 4.50. The van der Waals surface area contributed by atoms with Crippen molar-refractivity contribution in [1.29, 1.82) is 0 Å². The molecule has 4 heteroatoms. The van der Waals surface area contributed by atoms with E-state index < -0.39 is 0 Å². The molecule has 1 N–H and O–H groups in total. The van der Waals surface area contributed by atoms with Gasteiger partial charge in [0.1, 0.15) is 0 Å². The van der Waals surface area contributed by atoms with Crippen LogP contribution in [0, 0.1) is 0 Å². The SMILES string of the molecule is O=C(CC(c1ccc(Cl)cc1)c1c[nH]c2ccccc12)N1CCCC1. The van der Waals surface area contributed by atoms with Crippen LogP contribution in [0.2, 0.25) is 5.02 Å². The molecule has 0 radical (unpaired) electrons. The van der Waals surface area contributed by atoms with Crippen molar-refractivity contribution in [2.24, 2.45) is 0 Å². The number of amides is 1. The van der Waals surface area contributed by atoms with Gasteiger partial charge in [-0.2, -0.15) is 0 Å². The van der Waals surface area contributed by atoms with E-state index in [9.17, 15) is 4.79 Å². The highest BCUT2D eigenvalue weighted by Gasteiger charge is 2.25. The summed E-state index contributed by atoms with van der Waals surface area (Å²) in [7, 11) is 0. The monoisotopic (exact) mass is 352 g/mol. The first-order valence-electron chi connectivity index (χ1n) is 8.81. The Morgan fingerprint density at radius 1 is 1.08 bits per heavy atom. The second-order valence-corrected chi connectivity index (χ2v) is 7.12. The van der Waals surface area contributed by atoms with Crippen molar-refractivity contribution in [1.82, 2.24) is 9.88 Å². The third-order valence-electron chi connectivity index (χ3n) is 5.11. The Bertz CT molecular complexity index is 878. The van der Waals surface area contributed by atoms with Crippen LogP contribution in [0.15, 0.2) is 54.7 Å². The molecule has 0 aliphatic carbocycles. The Labute approximate surface area is 152 Å². The molecule has 4 rings (SSSR count). The van der Waals surface area contributed by atoms with Gasteiger partial charge in [0.25, 0.3) is 0 Å². The quantitative estimate of drug-likeness (QED) is 0.707. The molecular formula is C21H21ClN2O. The summed E-state index contributed by atoms with van der Waals surface area (Å²) in [6, 6.07) is 16.1. The topological polar surface area (TPSA) is 36.1 Å². The van der Waals surface area contributed by atoms with E-state index in [1.165, 1.54) is 10.9 Å². The minimum atomic E-state index is 0.0292. The maximum Gasteiger partial charge on any atom is 0.223 e. The Morgan fingerprint density at radius 3 is 2.56 bits per heavy atom. The van der Waals surface area contributed by atoms with Gasteiger partial charge in [0.2, 0.25) is 5.91 Å². The van der Waals surface area contributed by atoms with Gasteiger partial charge >= 0.3 is 0 Å². The minimum Gasteiger partial charge on any atom is -0.361 e. The van der Waals surface area contributed by atoms with Gasteiger partial charge in [0, 0.05) is 47.6 Å². The highest BCUT2D eigenvalue weighted by Crippen LogP contribution is 2.34. The molecule has 1 aromatic heterocycles. The van der Waals surface area contributed by atoms with E-state index in [2.05, 4.69) is 17.1 Å². The lowest BCUT2D eigenvalue weighted by Gasteiger charge is -2.21.